The highest BCUT2D eigenvalue weighted by Crippen LogP contribution is 2.24. The van der Waals surface area contributed by atoms with E-state index in [4.69, 9.17) is 4.74 Å². The van der Waals surface area contributed by atoms with Crippen molar-refractivity contribution in [2.45, 2.75) is 31.8 Å². The van der Waals surface area contributed by atoms with Crippen LogP contribution >= 0.6 is 0 Å². The van der Waals surface area contributed by atoms with Crippen LogP contribution in [0.4, 0.5) is 0 Å². The van der Waals surface area contributed by atoms with Crippen LogP contribution in [0.3, 0.4) is 0 Å². The fraction of sp³-hybridized carbons (Fsp3) is 0.588. The molecule has 1 aromatic rings. The third-order valence-corrected chi connectivity index (χ3v) is 4.36. The maximum Gasteiger partial charge on any atom is 0.176 e. The first-order valence-electron chi connectivity index (χ1n) is 8.04. The molecule has 0 atom stereocenters. The highest BCUT2D eigenvalue weighted by molar-refractivity contribution is 5.97. The van der Waals surface area contributed by atoms with Crippen molar-refractivity contribution in [1.29, 1.82) is 0 Å². The van der Waals surface area contributed by atoms with E-state index in [1.54, 1.807) is 0 Å². The number of ketones is 1. The van der Waals surface area contributed by atoms with E-state index in [2.05, 4.69) is 10.2 Å². The fourth-order valence-corrected chi connectivity index (χ4v) is 3.08. The quantitative estimate of drug-likeness (QED) is 0.843. The standard InChI is InChI=1S/C17H24N2O2/c20-17(13-19-11-9-18-10-12-19)14-5-7-16(8-6-14)21-15-3-1-2-4-15/h5-8,15,18H,1-4,9-13H2. The van der Waals surface area contributed by atoms with Crippen LogP contribution in [-0.4, -0.2) is 49.5 Å². The van der Waals surface area contributed by atoms with Gasteiger partial charge in [-0.05, 0) is 49.9 Å². The number of Topliss-reactive ketones (excluding diaryl/α,β-unsaturated/α-hetero) is 1. The molecule has 1 aliphatic carbocycles. The molecular formula is C17H24N2O2. The molecule has 2 aliphatic rings. The Kier molecular flexibility index (Phi) is 4.88. The third-order valence-electron chi connectivity index (χ3n) is 4.36. The number of rotatable bonds is 5. The predicted molar refractivity (Wildman–Crippen MR) is 83.0 cm³/mol. The molecule has 1 saturated heterocycles. The third kappa shape index (κ3) is 4.05. The fourth-order valence-electron chi connectivity index (χ4n) is 3.08. The molecule has 4 heteroatoms. The van der Waals surface area contributed by atoms with Crippen LogP contribution in [-0.2, 0) is 0 Å². The van der Waals surface area contributed by atoms with Crippen LogP contribution in [0, 0.1) is 0 Å². The summed E-state index contributed by atoms with van der Waals surface area (Å²) in [6.07, 6.45) is 5.22. The van der Waals surface area contributed by atoms with Gasteiger partial charge >= 0.3 is 0 Å². The van der Waals surface area contributed by atoms with Gasteiger partial charge in [0.05, 0.1) is 12.6 Å². The summed E-state index contributed by atoms with van der Waals surface area (Å²) in [5.74, 6) is 1.09. The summed E-state index contributed by atoms with van der Waals surface area (Å²) in [4.78, 5) is 14.5. The van der Waals surface area contributed by atoms with Crippen molar-refractivity contribution < 1.29 is 9.53 Å². The summed E-state index contributed by atoms with van der Waals surface area (Å²) in [6, 6.07) is 7.66. The molecule has 0 aromatic heterocycles. The molecule has 0 bridgehead atoms. The second-order valence-corrected chi connectivity index (χ2v) is 6.00. The molecule has 1 heterocycles. The van der Waals surface area contributed by atoms with Crippen molar-refractivity contribution in [2.75, 3.05) is 32.7 Å². The van der Waals surface area contributed by atoms with Crippen LogP contribution in [0.25, 0.3) is 0 Å². The van der Waals surface area contributed by atoms with Crippen LogP contribution < -0.4 is 10.1 Å². The van der Waals surface area contributed by atoms with Gasteiger partial charge in [-0.3, -0.25) is 9.69 Å². The molecule has 1 saturated carbocycles. The molecule has 21 heavy (non-hydrogen) atoms. The first kappa shape index (κ1) is 14.5. The van der Waals surface area contributed by atoms with Crippen molar-refractivity contribution in [3.8, 4) is 5.75 Å². The van der Waals surface area contributed by atoms with E-state index in [-0.39, 0.29) is 5.78 Å². The molecule has 1 aromatic carbocycles. The molecule has 0 amide bonds. The lowest BCUT2D eigenvalue weighted by molar-refractivity contribution is 0.0921. The largest absolute Gasteiger partial charge is 0.490 e. The van der Waals surface area contributed by atoms with E-state index in [9.17, 15) is 4.79 Å². The highest BCUT2D eigenvalue weighted by atomic mass is 16.5. The lowest BCUT2D eigenvalue weighted by Crippen LogP contribution is -2.45. The molecule has 0 unspecified atom stereocenters. The number of nitrogens with one attached hydrogen (secondary N) is 1. The van der Waals surface area contributed by atoms with Crippen molar-refractivity contribution in [1.82, 2.24) is 10.2 Å². The van der Waals surface area contributed by atoms with Crippen molar-refractivity contribution in [3.63, 3.8) is 0 Å². The Balaban J connectivity index is 1.53. The van der Waals surface area contributed by atoms with Crippen molar-refractivity contribution in [3.05, 3.63) is 29.8 Å². The minimum Gasteiger partial charge on any atom is -0.490 e. The Hall–Kier alpha value is -1.39. The van der Waals surface area contributed by atoms with E-state index in [0.717, 1.165) is 50.3 Å². The topological polar surface area (TPSA) is 41.6 Å². The summed E-state index contributed by atoms with van der Waals surface area (Å²) in [5, 5.41) is 3.30. The summed E-state index contributed by atoms with van der Waals surface area (Å²) in [6.45, 7) is 4.37. The number of carbonyl (C=O) groups is 1. The second kappa shape index (κ2) is 7.05. The number of benzene rings is 1. The molecule has 114 valence electrons. The zero-order valence-electron chi connectivity index (χ0n) is 12.5. The number of carbonyl (C=O) groups excluding carboxylic acids is 1. The molecular weight excluding hydrogens is 264 g/mol. The van der Waals surface area contributed by atoms with Gasteiger partial charge in [-0.1, -0.05) is 0 Å². The molecule has 3 rings (SSSR count). The number of piperazine rings is 1. The molecule has 2 fully saturated rings. The van der Waals surface area contributed by atoms with Gasteiger partial charge in [-0.25, -0.2) is 0 Å². The molecule has 1 N–H and O–H groups in total. The Morgan fingerprint density at radius 3 is 2.48 bits per heavy atom. The Bertz CT molecular complexity index is 460. The Morgan fingerprint density at radius 1 is 1.14 bits per heavy atom. The molecule has 0 radical (unpaired) electrons. The normalized spacial score (nSPS) is 20.6. The maximum atomic E-state index is 12.3. The van der Waals surface area contributed by atoms with Gasteiger partial charge in [0.2, 0.25) is 0 Å². The zero-order chi connectivity index (χ0) is 14.5. The highest BCUT2D eigenvalue weighted by Gasteiger charge is 2.17. The first-order chi connectivity index (χ1) is 10.3. The lowest BCUT2D eigenvalue weighted by atomic mass is 10.1. The number of ether oxygens (including phenoxy) is 1. The van der Waals surface area contributed by atoms with E-state index in [0.29, 0.717) is 12.6 Å². The van der Waals surface area contributed by atoms with Gasteiger partial charge in [0.25, 0.3) is 0 Å². The van der Waals surface area contributed by atoms with Gasteiger partial charge in [-0.15, -0.1) is 0 Å². The van der Waals surface area contributed by atoms with E-state index in [1.807, 2.05) is 24.3 Å². The summed E-state index contributed by atoms with van der Waals surface area (Å²) in [5.41, 5.74) is 0.785. The minimum atomic E-state index is 0.198. The molecule has 4 nitrogen and oxygen atoms in total. The van der Waals surface area contributed by atoms with Crippen molar-refractivity contribution in [2.24, 2.45) is 0 Å². The predicted octanol–water partition coefficient (Wildman–Crippen LogP) is 2.10. The minimum absolute atomic E-state index is 0.198. The molecule has 1 aliphatic heterocycles. The SMILES string of the molecule is O=C(CN1CCNCC1)c1ccc(OC2CCCC2)cc1. The van der Waals surface area contributed by atoms with E-state index in [1.165, 1.54) is 12.8 Å². The van der Waals surface area contributed by atoms with Crippen LogP contribution in [0.1, 0.15) is 36.0 Å². The first-order valence-corrected chi connectivity index (χ1v) is 8.04. The average molecular weight is 288 g/mol. The molecule has 0 spiro atoms. The second-order valence-electron chi connectivity index (χ2n) is 6.00. The van der Waals surface area contributed by atoms with E-state index < -0.39 is 0 Å². The maximum absolute atomic E-state index is 12.3. The van der Waals surface area contributed by atoms with Crippen LogP contribution in [0.2, 0.25) is 0 Å². The van der Waals surface area contributed by atoms with Gasteiger partial charge in [0, 0.05) is 31.7 Å². The average Bonchev–Trinajstić information content (AvgIpc) is 3.02. The number of nitrogens with zero attached hydrogens (tertiary/aromatic N) is 1. The van der Waals surface area contributed by atoms with Crippen LogP contribution in [0.15, 0.2) is 24.3 Å². The zero-order valence-corrected chi connectivity index (χ0v) is 12.5. The number of hydrogen-bond acceptors (Lipinski definition) is 4. The van der Waals surface area contributed by atoms with E-state index >= 15 is 0 Å². The lowest BCUT2D eigenvalue weighted by Gasteiger charge is -2.26. The Labute approximate surface area is 126 Å². The summed E-state index contributed by atoms with van der Waals surface area (Å²) < 4.78 is 5.93. The Morgan fingerprint density at radius 2 is 1.81 bits per heavy atom. The van der Waals surface area contributed by atoms with Gasteiger partial charge in [0.15, 0.2) is 5.78 Å². The number of hydrogen-bond donors (Lipinski definition) is 1. The van der Waals surface area contributed by atoms with Gasteiger partial charge < -0.3 is 10.1 Å². The van der Waals surface area contributed by atoms with Crippen molar-refractivity contribution >= 4 is 5.78 Å². The van der Waals surface area contributed by atoms with Crippen LogP contribution in [0.5, 0.6) is 5.75 Å². The van der Waals surface area contributed by atoms with Gasteiger partial charge in [-0.2, -0.15) is 0 Å². The summed E-state index contributed by atoms with van der Waals surface area (Å²) in [7, 11) is 0. The smallest absolute Gasteiger partial charge is 0.176 e. The monoisotopic (exact) mass is 288 g/mol. The van der Waals surface area contributed by atoms with Gasteiger partial charge in [0.1, 0.15) is 5.75 Å². The summed E-state index contributed by atoms with van der Waals surface area (Å²) >= 11 is 0.